The van der Waals surface area contributed by atoms with Crippen molar-refractivity contribution in [2.75, 3.05) is 6.61 Å². The van der Waals surface area contributed by atoms with Gasteiger partial charge in [0.25, 0.3) is 0 Å². The summed E-state index contributed by atoms with van der Waals surface area (Å²) >= 11 is 0. The van der Waals surface area contributed by atoms with E-state index in [-0.39, 0.29) is 0 Å². The van der Waals surface area contributed by atoms with Crippen LogP contribution in [-0.4, -0.2) is 57.2 Å². The monoisotopic (exact) mass is 221 g/mol. The third-order valence-electron chi connectivity index (χ3n) is 1.69. The fourth-order valence-electron chi connectivity index (χ4n) is 0.922. The second kappa shape index (κ2) is 6.46. The highest BCUT2D eigenvalue weighted by molar-refractivity contribution is 5.94. The van der Waals surface area contributed by atoms with Gasteiger partial charge in [-0.25, -0.2) is 0 Å². The maximum Gasteiger partial charge on any atom is 0.229 e. The van der Waals surface area contributed by atoms with Crippen LogP contribution in [0.3, 0.4) is 0 Å². The van der Waals surface area contributed by atoms with Crippen molar-refractivity contribution in [3.8, 4) is 0 Å². The molecule has 5 N–H and O–H groups in total. The Morgan fingerprint density at radius 2 is 1.73 bits per heavy atom. The van der Waals surface area contributed by atoms with Gasteiger partial charge in [-0.1, -0.05) is 0 Å². The van der Waals surface area contributed by atoms with Gasteiger partial charge in [0.05, 0.1) is 19.1 Å². The van der Waals surface area contributed by atoms with Crippen molar-refractivity contribution < 1.29 is 30.0 Å². The first-order valence-electron chi connectivity index (χ1n) is 4.34. The fraction of sp³-hybridized carbons (Fsp3) is 0.750. The molecular weight excluding hydrogens is 206 g/mol. The summed E-state index contributed by atoms with van der Waals surface area (Å²) in [5.41, 5.74) is 0. The van der Waals surface area contributed by atoms with E-state index in [4.69, 9.17) is 15.3 Å². The molecule has 7 nitrogen and oxygen atoms in total. The number of carbonyl (C=O) groups is 2. The summed E-state index contributed by atoms with van der Waals surface area (Å²) in [6, 6.07) is 0. The second-order valence-electron chi connectivity index (χ2n) is 3.12. The van der Waals surface area contributed by atoms with Crippen LogP contribution in [0.25, 0.3) is 0 Å². The molecule has 0 radical (unpaired) electrons. The average Bonchev–Trinajstić information content (AvgIpc) is 2.13. The van der Waals surface area contributed by atoms with Crippen LogP contribution in [0.2, 0.25) is 0 Å². The van der Waals surface area contributed by atoms with Gasteiger partial charge in [0, 0.05) is 6.92 Å². The highest BCUT2D eigenvalue weighted by Gasteiger charge is 2.26. The molecule has 3 atom stereocenters. The van der Waals surface area contributed by atoms with Crippen LogP contribution in [0.1, 0.15) is 13.3 Å². The third-order valence-corrected chi connectivity index (χ3v) is 1.69. The first-order chi connectivity index (χ1) is 6.88. The van der Waals surface area contributed by atoms with E-state index in [1.54, 1.807) is 0 Å². The zero-order chi connectivity index (χ0) is 12.0. The molecule has 0 saturated heterocycles. The summed E-state index contributed by atoms with van der Waals surface area (Å²) in [6.07, 6.45) is -5.22. The Labute approximate surface area is 86.3 Å². The largest absolute Gasteiger partial charge is 0.394 e. The van der Waals surface area contributed by atoms with Crippen LogP contribution in [0.15, 0.2) is 0 Å². The molecule has 7 heteroatoms. The molecule has 0 unspecified atom stereocenters. The minimum absolute atomic E-state index is 0.530. The molecule has 0 aromatic rings. The zero-order valence-corrected chi connectivity index (χ0v) is 8.25. The second-order valence-corrected chi connectivity index (χ2v) is 3.12. The summed E-state index contributed by atoms with van der Waals surface area (Å²) in [6.45, 7) is 0.399. The van der Waals surface area contributed by atoms with Crippen molar-refractivity contribution >= 4 is 11.8 Å². The molecule has 0 aliphatic carbocycles. The van der Waals surface area contributed by atoms with E-state index in [9.17, 15) is 14.7 Å². The Hall–Kier alpha value is -1.02. The van der Waals surface area contributed by atoms with Crippen molar-refractivity contribution in [3.63, 3.8) is 0 Å². The maximum absolute atomic E-state index is 10.9. The Bertz CT molecular complexity index is 231. The molecule has 88 valence electrons. The number of carbonyl (C=O) groups excluding carboxylic acids is 2. The highest BCUT2D eigenvalue weighted by Crippen LogP contribution is 2.03. The third kappa shape index (κ3) is 5.43. The first kappa shape index (κ1) is 14.0. The van der Waals surface area contributed by atoms with Gasteiger partial charge in [-0.3, -0.25) is 14.9 Å². The zero-order valence-electron chi connectivity index (χ0n) is 8.25. The molecule has 0 bridgehead atoms. The van der Waals surface area contributed by atoms with Gasteiger partial charge in [-0.2, -0.15) is 0 Å². The number of imide groups is 1. The Balaban J connectivity index is 4.06. The van der Waals surface area contributed by atoms with E-state index < -0.39 is 43.2 Å². The van der Waals surface area contributed by atoms with Crippen LogP contribution >= 0.6 is 0 Å². The number of aliphatic hydroxyl groups is 4. The van der Waals surface area contributed by atoms with Gasteiger partial charge in [-0.15, -0.1) is 0 Å². The molecule has 2 amide bonds. The molecule has 0 aromatic carbocycles. The topological polar surface area (TPSA) is 127 Å². The van der Waals surface area contributed by atoms with E-state index in [2.05, 4.69) is 0 Å². The van der Waals surface area contributed by atoms with E-state index in [0.29, 0.717) is 0 Å². The number of hydrogen-bond donors (Lipinski definition) is 5. The molecule has 15 heavy (non-hydrogen) atoms. The van der Waals surface area contributed by atoms with Crippen molar-refractivity contribution in [1.29, 1.82) is 0 Å². The van der Waals surface area contributed by atoms with E-state index >= 15 is 0 Å². The van der Waals surface area contributed by atoms with E-state index in [0.717, 1.165) is 6.92 Å². The Morgan fingerprint density at radius 3 is 2.13 bits per heavy atom. The number of amides is 2. The number of hydrogen-bond acceptors (Lipinski definition) is 6. The van der Waals surface area contributed by atoms with Gasteiger partial charge in [0.2, 0.25) is 11.8 Å². The minimum Gasteiger partial charge on any atom is -0.394 e. The van der Waals surface area contributed by atoms with Crippen molar-refractivity contribution in [2.45, 2.75) is 31.7 Å². The summed E-state index contributed by atoms with van der Waals surface area (Å²) in [5.74, 6) is -1.34. The molecule has 0 saturated carbocycles. The van der Waals surface area contributed by atoms with Gasteiger partial charge in [0.15, 0.2) is 0 Å². The van der Waals surface area contributed by atoms with Crippen LogP contribution in [0.4, 0.5) is 0 Å². The molecule has 0 fully saturated rings. The van der Waals surface area contributed by atoms with Gasteiger partial charge in [0.1, 0.15) is 12.2 Å². The van der Waals surface area contributed by atoms with Crippen molar-refractivity contribution in [1.82, 2.24) is 5.32 Å². The molecular formula is C8H15NO6. The predicted octanol–water partition coefficient (Wildman–Crippen LogP) is -2.89. The Morgan fingerprint density at radius 1 is 1.20 bits per heavy atom. The normalized spacial score (nSPS) is 16.6. The summed E-state index contributed by atoms with van der Waals surface area (Å²) < 4.78 is 0. The lowest BCUT2D eigenvalue weighted by Crippen LogP contribution is -2.42. The number of nitrogens with one attached hydrogen (secondary N) is 1. The van der Waals surface area contributed by atoms with Crippen LogP contribution in [0, 0.1) is 0 Å². The highest BCUT2D eigenvalue weighted by atomic mass is 16.4. The smallest absolute Gasteiger partial charge is 0.229 e. The SMILES string of the molecule is CC(=O)NC(=O)C[C@@H](O)[C@H](O)[C@H](O)CO. The van der Waals surface area contributed by atoms with E-state index in [1.165, 1.54) is 0 Å². The quantitative estimate of drug-likeness (QED) is 0.339. The number of rotatable bonds is 5. The van der Waals surface area contributed by atoms with Gasteiger partial charge < -0.3 is 20.4 Å². The van der Waals surface area contributed by atoms with Crippen molar-refractivity contribution in [3.05, 3.63) is 0 Å². The molecule has 0 spiro atoms. The summed E-state index contributed by atoms with van der Waals surface area (Å²) in [5, 5.41) is 37.6. The molecule has 0 rings (SSSR count). The van der Waals surface area contributed by atoms with Crippen molar-refractivity contribution in [2.24, 2.45) is 0 Å². The number of aliphatic hydroxyl groups excluding tert-OH is 4. The lowest BCUT2D eigenvalue weighted by Gasteiger charge is -2.20. The average molecular weight is 221 g/mol. The maximum atomic E-state index is 10.9. The van der Waals surface area contributed by atoms with Crippen LogP contribution in [0.5, 0.6) is 0 Å². The molecule has 0 aromatic heterocycles. The van der Waals surface area contributed by atoms with Crippen LogP contribution < -0.4 is 5.32 Å². The summed E-state index contributed by atoms with van der Waals surface area (Å²) in [7, 11) is 0. The molecule has 0 aliphatic rings. The molecule has 0 aliphatic heterocycles. The lowest BCUT2D eigenvalue weighted by atomic mass is 10.1. The van der Waals surface area contributed by atoms with E-state index in [1.807, 2.05) is 5.32 Å². The fourth-order valence-corrected chi connectivity index (χ4v) is 0.922. The standard InChI is InChI=1S/C8H15NO6/c1-4(11)9-7(14)2-5(12)8(15)6(13)3-10/h5-6,8,10,12-13,15H,2-3H2,1H3,(H,9,11,14)/t5-,6-,8+/m1/s1. The first-order valence-corrected chi connectivity index (χ1v) is 4.34. The van der Waals surface area contributed by atoms with Gasteiger partial charge in [-0.05, 0) is 0 Å². The predicted molar refractivity (Wildman–Crippen MR) is 48.5 cm³/mol. The van der Waals surface area contributed by atoms with Gasteiger partial charge >= 0.3 is 0 Å². The van der Waals surface area contributed by atoms with Crippen LogP contribution in [-0.2, 0) is 9.59 Å². The summed E-state index contributed by atoms with van der Waals surface area (Å²) in [4.78, 5) is 21.4. The minimum atomic E-state index is -1.63. The Kier molecular flexibility index (Phi) is 6.02. The lowest BCUT2D eigenvalue weighted by molar-refractivity contribution is -0.133. The molecule has 0 heterocycles.